The van der Waals surface area contributed by atoms with E-state index in [0.29, 0.717) is 65.4 Å². The fraction of sp³-hybridized carbons (Fsp3) is 0.192. The van der Waals surface area contributed by atoms with Gasteiger partial charge in [0, 0.05) is 18.8 Å². The maximum atomic E-state index is 13.3. The summed E-state index contributed by atoms with van der Waals surface area (Å²) in [6, 6.07) is 14.5. The Hall–Kier alpha value is -4.33. The molecule has 0 bridgehead atoms. The number of fused-ring (bicyclic) bond motifs is 3. The molecule has 34 heavy (non-hydrogen) atoms. The van der Waals surface area contributed by atoms with Gasteiger partial charge in [0.2, 0.25) is 0 Å². The van der Waals surface area contributed by atoms with E-state index in [1.165, 1.54) is 0 Å². The van der Waals surface area contributed by atoms with Crippen LogP contribution in [0.2, 0.25) is 0 Å². The van der Waals surface area contributed by atoms with Crippen molar-refractivity contribution in [3.63, 3.8) is 0 Å². The summed E-state index contributed by atoms with van der Waals surface area (Å²) < 4.78 is 20.0. The Morgan fingerprint density at radius 3 is 2.21 bits per heavy atom. The van der Waals surface area contributed by atoms with E-state index in [9.17, 15) is 9.59 Å². The topological polar surface area (TPSA) is 88.5 Å². The van der Waals surface area contributed by atoms with Crippen molar-refractivity contribution in [1.82, 2.24) is 14.1 Å². The highest BCUT2D eigenvalue weighted by Gasteiger charge is 2.13. The number of furan rings is 1. The molecule has 6 rings (SSSR count). The van der Waals surface area contributed by atoms with Crippen molar-refractivity contribution in [3.8, 4) is 11.5 Å². The molecule has 0 unspecified atom stereocenters. The molecule has 0 fully saturated rings. The molecule has 4 aromatic heterocycles. The Balaban J connectivity index is 1.39. The Morgan fingerprint density at radius 2 is 1.50 bits per heavy atom. The number of nitrogens with zero attached hydrogens (tertiary/aromatic N) is 3. The van der Waals surface area contributed by atoms with E-state index in [1.54, 1.807) is 52.1 Å². The van der Waals surface area contributed by atoms with E-state index >= 15 is 0 Å². The van der Waals surface area contributed by atoms with Crippen molar-refractivity contribution in [3.05, 3.63) is 99.2 Å². The van der Waals surface area contributed by atoms with E-state index in [-0.39, 0.29) is 11.1 Å². The molecule has 5 heterocycles. The highest BCUT2D eigenvalue weighted by Crippen LogP contribution is 2.30. The van der Waals surface area contributed by atoms with Crippen molar-refractivity contribution in [2.45, 2.75) is 19.5 Å². The van der Waals surface area contributed by atoms with Gasteiger partial charge in [0.1, 0.15) is 5.76 Å². The number of pyridine rings is 3. The highest BCUT2D eigenvalue weighted by molar-refractivity contribution is 5.91. The van der Waals surface area contributed by atoms with Gasteiger partial charge in [-0.15, -0.1) is 0 Å². The molecule has 5 aromatic rings. The molecule has 8 heteroatoms. The molecule has 0 amide bonds. The Morgan fingerprint density at radius 1 is 0.794 bits per heavy atom. The van der Waals surface area contributed by atoms with E-state index in [2.05, 4.69) is 4.98 Å². The summed E-state index contributed by atoms with van der Waals surface area (Å²) in [5, 5.41) is 0.796. The third-order valence-electron chi connectivity index (χ3n) is 5.96. The minimum atomic E-state index is -0.221. The summed E-state index contributed by atoms with van der Waals surface area (Å²) in [7, 11) is 0. The summed E-state index contributed by atoms with van der Waals surface area (Å²) in [6.45, 7) is 1.90. The predicted molar refractivity (Wildman–Crippen MR) is 127 cm³/mol. The molecule has 8 nitrogen and oxygen atoms in total. The van der Waals surface area contributed by atoms with Gasteiger partial charge in [-0.1, -0.05) is 6.07 Å². The van der Waals surface area contributed by atoms with E-state index < -0.39 is 0 Å². The molecule has 0 N–H and O–H groups in total. The van der Waals surface area contributed by atoms with E-state index in [0.717, 1.165) is 12.0 Å². The zero-order valence-corrected chi connectivity index (χ0v) is 18.3. The third-order valence-corrected chi connectivity index (χ3v) is 5.96. The van der Waals surface area contributed by atoms with Crippen LogP contribution in [-0.4, -0.2) is 27.3 Å². The molecular weight excluding hydrogens is 434 g/mol. The number of aromatic nitrogens is 3. The maximum absolute atomic E-state index is 13.3. The lowest BCUT2D eigenvalue weighted by Gasteiger charge is -2.11. The molecule has 170 valence electrons. The van der Waals surface area contributed by atoms with Crippen LogP contribution >= 0.6 is 0 Å². The zero-order chi connectivity index (χ0) is 23.1. The molecule has 0 spiro atoms. The van der Waals surface area contributed by atoms with Gasteiger partial charge in [-0.05, 0) is 48.0 Å². The molecule has 0 saturated carbocycles. The van der Waals surface area contributed by atoms with E-state index in [4.69, 9.17) is 13.9 Å². The van der Waals surface area contributed by atoms with Crippen LogP contribution in [-0.2, 0) is 13.1 Å². The van der Waals surface area contributed by atoms with Gasteiger partial charge in [-0.3, -0.25) is 9.59 Å². The zero-order valence-electron chi connectivity index (χ0n) is 18.3. The van der Waals surface area contributed by atoms with Gasteiger partial charge in [0.25, 0.3) is 11.1 Å². The summed E-state index contributed by atoms with van der Waals surface area (Å²) in [5.41, 5.74) is 1.59. The number of benzene rings is 1. The molecule has 0 atom stereocenters. The third kappa shape index (κ3) is 3.63. The van der Waals surface area contributed by atoms with Gasteiger partial charge in [0.05, 0.1) is 54.4 Å². The molecule has 1 aromatic carbocycles. The Kier molecular flexibility index (Phi) is 4.91. The first kappa shape index (κ1) is 20.3. The van der Waals surface area contributed by atoms with Gasteiger partial charge in [-0.25, -0.2) is 4.98 Å². The average Bonchev–Trinajstić information content (AvgIpc) is 3.25. The average molecular weight is 455 g/mol. The molecule has 0 aliphatic carbocycles. The van der Waals surface area contributed by atoms with Crippen LogP contribution in [0.1, 0.15) is 17.7 Å². The Bertz CT molecular complexity index is 1630. The van der Waals surface area contributed by atoms with Crippen molar-refractivity contribution in [2.75, 3.05) is 13.2 Å². The summed E-state index contributed by atoms with van der Waals surface area (Å²) >= 11 is 0. The summed E-state index contributed by atoms with van der Waals surface area (Å²) in [4.78, 5) is 31.0. The van der Waals surface area contributed by atoms with E-state index in [1.807, 2.05) is 24.3 Å². The largest absolute Gasteiger partial charge is 0.490 e. The van der Waals surface area contributed by atoms with Crippen LogP contribution in [0, 0.1) is 0 Å². The molecular formula is C26H21N3O5. The number of hydrogen-bond donors (Lipinski definition) is 0. The SMILES string of the molecule is O=c1c2cc3c(=O)n(Cc4ccco4)ccc3nc2ccn1Cc1ccc2c(c1)OCCCO2. The quantitative estimate of drug-likeness (QED) is 0.385. The molecule has 1 aliphatic heterocycles. The fourth-order valence-corrected chi connectivity index (χ4v) is 4.23. The first-order valence-corrected chi connectivity index (χ1v) is 11.1. The smallest absolute Gasteiger partial charge is 0.260 e. The normalized spacial score (nSPS) is 13.3. The Labute approximate surface area is 193 Å². The summed E-state index contributed by atoms with van der Waals surface area (Å²) in [5.74, 6) is 2.08. The van der Waals surface area contributed by atoms with Crippen LogP contribution in [0.5, 0.6) is 11.5 Å². The van der Waals surface area contributed by atoms with Gasteiger partial charge < -0.3 is 23.0 Å². The van der Waals surface area contributed by atoms with Crippen molar-refractivity contribution in [1.29, 1.82) is 0 Å². The minimum Gasteiger partial charge on any atom is -0.490 e. The second-order valence-electron chi connectivity index (χ2n) is 8.26. The lowest BCUT2D eigenvalue weighted by molar-refractivity contribution is 0.297. The maximum Gasteiger partial charge on any atom is 0.260 e. The molecule has 0 radical (unpaired) electrons. The van der Waals surface area contributed by atoms with Crippen LogP contribution in [0.3, 0.4) is 0 Å². The second kappa shape index (κ2) is 8.22. The van der Waals surface area contributed by atoms with Crippen LogP contribution in [0.15, 0.2) is 81.2 Å². The first-order valence-electron chi connectivity index (χ1n) is 11.1. The van der Waals surface area contributed by atoms with Gasteiger partial charge in [-0.2, -0.15) is 0 Å². The lowest BCUT2D eigenvalue weighted by atomic mass is 10.1. The van der Waals surface area contributed by atoms with Crippen molar-refractivity contribution in [2.24, 2.45) is 0 Å². The monoisotopic (exact) mass is 455 g/mol. The van der Waals surface area contributed by atoms with Crippen LogP contribution < -0.4 is 20.6 Å². The van der Waals surface area contributed by atoms with Crippen LogP contribution in [0.25, 0.3) is 21.8 Å². The summed E-state index contributed by atoms with van der Waals surface area (Å²) in [6.07, 6.45) is 5.82. The second-order valence-corrected chi connectivity index (χ2v) is 8.26. The lowest BCUT2D eigenvalue weighted by Crippen LogP contribution is -2.22. The molecule has 1 aliphatic rings. The number of rotatable bonds is 4. The van der Waals surface area contributed by atoms with Crippen molar-refractivity contribution < 1.29 is 13.9 Å². The van der Waals surface area contributed by atoms with Gasteiger partial charge >= 0.3 is 0 Å². The number of ether oxygens (including phenoxy) is 2. The highest BCUT2D eigenvalue weighted by atomic mass is 16.5. The molecule has 0 saturated heterocycles. The standard InChI is InChI=1S/C26H21N3O5/c30-25-19-14-20-22(7-9-29(26(20)31)16-18-3-1-10-32-18)27-21(19)6-8-28(25)15-17-4-5-23-24(13-17)34-12-2-11-33-23/h1,3-10,13-14H,2,11-12,15-16H2. The fourth-order valence-electron chi connectivity index (χ4n) is 4.23. The van der Waals surface area contributed by atoms with Gasteiger partial charge in [0.15, 0.2) is 11.5 Å². The first-order chi connectivity index (χ1) is 16.7. The number of hydrogen-bond acceptors (Lipinski definition) is 6. The predicted octanol–water partition coefficient (Wildman–Crippen LogP) is 3.56. The van der Waals surface area contributed by atoms with Crippen LogP contribution in [0.4, 0.5) is 0 Å². The minimum absolute atomic E-state index is 0.208. The van der Waals surface area contributed by atoms with Crippen molar-refractivity contribution >= 4 is 21.8 Å².